The van der Waals surface area contributed by atoms with Gasteiger partial charge in [-0.05, 0) is 18.9 Å². The smallest absolute Gasteiger partial charge is 0.397 e. The van der Waals surface area contributed by atoms with Gasteiger partial charge in [0, 0.05) is 5.92 Å². The van der Waals surface area contributed by atoms with Crippen LogP contribution < -0.4 is 4.72 Å². The highest BCUT2D eigenvalue weighted by molar-refractivity contribution is 7.80. The van der Waals surface area contributed by atoms with Crippen molar-refractivity contribution in [1.82, 2.24) is 4.72 Å². The van der Waals surface area contributed by atoms with Crippen molar-refractivity contribution >= 4 is 27.6 Å². The molecule has 1 saturated heterocycles. The molecule has 2 heterocycles. The second kappa shape index (κ2) is 10.6. The molecule has 2 aliphatic rings. The van der Waals surface area contributed by atoms with Crippen molar-refractivity contribution < 1.29 is 65.7 Å². The molecule has 2 rings (SSSR count). The van der Waals surface area contributed by atoms with Gasteiger partial charge in [0.15, 0.2) is 6.29 Å². The topological polar surface area (TPSA) is 250 Å². The molecule has 0 bridgehead atoms. The van der Waals surface area contributed by atoms with Crippen molar-refractivity contribution in [2.45, 2.75) is 55.7 Å². The van der Waals surface area contributed by atoms with Gasteiger partial charge < -0.3 is 35.0 Å². The second-order valence-corrected chi connectivity index (χ2v) is 8.70. The quantitative estimate of drug-likeness (QED) is 0.114. The number of hydrogen-bond acceptors (Lipinski definition) is 11. The van der Waals surface area contributed by atoms with Gasteiger partial charge in [0.25, 0.3) is 0 Å². The van der Waals surface area contributed by atoms with Crippen LogP contribution in [-0.4, -0.2) is 103 Å². The van der Waals surface area contributed by atoms with Crippen LogP contribution in [-0.2, 0) is 40.1 Å². The Morgan fingerprint density at radius 3 is 2.35 bits per heavy atom. The fraction of sp³-hybridized carbons (Fsp3) is 0.786. The van der Waals surface area contributed by atoms with E-state index in [1.54, 1.807) is 0 Å². The van der Waals surface area contributed by atoms with E-state index in [2.05, 4.69) is 4.18 Å². The number of aliphatic hydroxyl groups excluding tert-OH is 4. The predicted octanol–water partition coefficient (Wildman–Crippen LogP) is -3.54. The molecule has 0 saturated carbocycles. The lowest BCUT2D eigenvalue weighted by atomic mass is 9.83. The van der Waals surface area contributed by atoms with Crippen molar-refractivity contribution in [1.29, 1.82) is 0 Å². The molecule has 180 valence electrons. The van der Waals surface area contributed by atoms with Crippen LogP contribution in [0.25, 0.3) is 0 Å². The van der Waals surface area contributed by atoms with Crippen LogP contribution in [0.3, 0.4) is 0 Å². The summed E-state index contributed by atoms with van der Waals surface area (Å²) in [5.74, 6) is -3.22. The van der Waals surface area contributed by atoms with E-state index in [-0.39, 0.29) is 12.8 Å². The number of ether oxygens (including phenoxy) is 2. The molecule has 2 aliphatic heterocycles. The average molecular weight is 493 g/mol. The van der Waals surface area contributed by atoms with E-state index in [1.165, 1.54) is 0 Å². The summed E-state index contributed by atoms with van der Waals surface area (Å²) in [7, 11) is -4.90. The van der Waals surface area contributed by atoms with Gasteiger partial charge in [-0.25, -0.2) is 17.9 Å². The number of nitrogens with one attached hydrogen (secondary N) is 1. The lowest BCUT2D eigenvalue weighted by Crippen LogP contribution is -2.61. The Bertz CT molecular complexity index is 803. The van der Waals surface area contributed by atoms with Gasteiger partial charge in [-0.15, -0.1) is 0 Å². The van der Waals surface area contributed by atoms with Crippen LogP contribution in [0, 0.1) is 5.92 Å². The third-order valence-corrected chi connectivity index (χ3v) is 5.76. The molecule has 8 N–H and O–H groups in total. The van der Waals surface area contributed by atoms with Crippen LogP contribution in [0.15, 0.2) is 11.8 Å². The summed E-state index contributed by atoms with van der Waals surface area (Å²) in [6.45, 7) is -0.844. The highest BCUT2D eigenvalue weighted by atomic mass is 32.3. The maximum absolute atomic E-state index is 11.1. The zero-order chi connectivity index (χ0) is 23.5. The molecule has 0 aliphatic carbocycles. The van der Waals surface area contributed by atoms with Gasteiger partial charge in [0.2, 0.25) is 17.0 Å². The first-order valence-electron chi connectivity index (χ1n) is 8.78. The molecule has 0 amide bonds. The van der Waals surface area contributed by atoms with Crippen LogP contribution in [0.1, 0.15) is 12.8 Å². The predicted molar refractivity (Wildman–Crippen MR) is 97.4 cm³/mol. The van der Waals surface area contributed by atoms with Crippen molar-refractivity contribution in [3.05, 3.63) is 11.8 Å². The molecule has 0 aromatic rings. The molecule has 0 radical (unpaired) electrons. The summed E-state index contributed by atoms with van der Waals surface area (Å²) in [4.78, 5) is 11.1. The minimum Gasteiger partial charge on any atom is -0.481 e. The van der Waals surface area contributed by atoms with Crippen LogP contribution >= 0.6 is 0 Å². The van der Waals surface area contributed by atoms with E-state index < -0.39 is 88.8 Å². The zero-order valence-corrected chi connectivity index (χ0v) is 17.3. The molecule has 15 nitrogen and oxygen atoms in total. The van der Waals surface area contributed by atoms with E-state index in [0.717, 1.165) is 6.08 Å². The van der Waals surface area contributed by atoms with Gasteiger partial charge in [-0.3, -0.25) is 9.11 Å². The Hall–Kier alpha value is -1.25. The van der Waals surface area contributed by atoms with E-state index in [1.807, 2.05) is 4.72 Å². The monoisotopic (exact) mass is 493 g/mol. The molecular formula is C14H23NO14S2. The summed E-state index contributed by atoms with van der Waals surface area (Å²) >= 11 is -2.66. The molecule has 31 heavy (non-hydrogen) atoms. The van der Waals surface area contributed by atoms with Gasteiger partial charge in [-0.1, -0.05) is 0 Å². The minimum absolute atomic E-state index is 0.176. The standard InChI is InChI=1S/C14H23NO14S2/c16-6-3-8(13(19)20)28-7(12(6)18)2-1-5-9(4-27-31(24,25)26)29-14(21)10(11(5)17)15-30(22)23/h3,5-7,9-12,14-18,21H,1-2,4H2,(H,19,20)(H,22,23)(H,24,25,26)/t5-,6?,7+,9?,10?,11-,12-,14-/m1/s1. The Morgan fingerprint density at radius 2 is 1.81 bits per heavy atom. The molecule has 1 fully saturated rings. The molecule has 4 unspecified atom stereocenters. The van der Waals surface area contributed by atoms with Gasteiger partial charge >= 0.3 is 16.4 Å². The number of carboxylic acid groups (broad SMARTS) is 1. The number of aliphatic hydroxyl groups is 4. The van der Waals surface area contributed by atoms with Gasteiger partial charge in [0.1, 0.15) is 18.3 Å². The highest BCUT2D eigenvalue weighted by Gasteiger charge is 2.46. The third-order valence-electron chi connectivity index (χ3n) is 4.85. The fourth-order valence-electron chi connectivity index (χ4n) is 3.39. The van der Waals surface area contributed by atoms with Gasteiger partial charge in [0.05, 0.1) is 24.9 Å². The lowest BCUT2D eigenvalue weighted by Gasteiger charge is -2.43. The number of carboxylic acids is 1. The van der Waals surface area contributed by atoms with Gasteiger partial charge in [-0.2, -0.15) is 8.42 Å². The first-order chi connectivity index (χ1) is 14.3. The zero-order valence-electron chi connectivity index (χ0n) is 15.6. The normalized spacial score (nSPS) is 37.5. The average Bonchev–Trinajstić information content (AvgIpc) is 2.64. The van der Waals surface area contributed by atoms with Crippen molar-refractivity contribution in [3.8, 4) is 0 Å². The van der Waals surface area contributed by atoms with E-state index in [4.69, 9.17) is 23.7 Å². The Morgan fingerprint density at radius 1 is 1.16 bits per heavy atom. The minimum atomic E-state index is -4.90. The van der Waals surface area contributed by atoms with E-state index >= 15 is 0 Å². The summed E-state index contributed by atoms with van der Waals surface area (Å²) in [6.07, 6.45) is -8.72. The molecule has 0 aromatic carbocycles. The highest BCUT2D eigenvalue weighted by Crippen LogP contribution is 2.32. The molecule has 9 atom stereocenters. The first-order valence-corrected chi connectivity index (χ1v) is 11.3. The Labute approximate surface area is 178 Å². The summed E-state index contributed by atoms with van der Waals surface area (Å²) in [5, 5.41) is 49.4. The van der Waals surface area contributed by atoms with Crippen molar-refractivity contribution in [2.75, 3.05) is 6.61 Å². The van der Waals surface area contributed by atoms with Crippen LogP contribution in [0.4, 0.5) is 0 Å². The molecule has 0 spiro atoms. The largest absolute Gasteiger partial charge is 0.481 e. The Balaban J connectivity index is 2.17. The number of aliphatic carboxylic acids is 1. The summed E-state index contributed by atoms with van der Waals surface area (Å²) in [6, 6.07) is -1.49. The number of rotatable bonds is 9. The van der Waals surface area contributed by atoms with E-state index in [9.17, 15) is 37.8 Å². The number of hydrogen-bond donors (Lipinski definition) is 8. The molecular weight excluding hydrogens is 470 g/mol. The lowest BCUT2D eigenvalue weighted by molar-refractivity contribution is -0.236. The third kappa shape index (κ3) is 7.12. The number of carbonyl (C=O) groups is 1. The summed E-state index contributed by atoms with van der Waals surface area (Å²) < 4.78 is 67.0. The summed E-state index contributed by atoms with van der Waals surface area (Å²) in [5.41, 5.74) is 0. The SMILES string of the molecule is O=C(O)C1=CC(O)[C@@H](O)[C@H](CC[C@@H]2C(COS(=O)(=O)O)O[C@@H](O)C(NS(=O)O)[C@@H]2O)O1. The maximum Gasteiger partial charge on any atom is 0.397 e. The second-order valence-electron chi connectivity index (χ2n) is 6.88. The van der Waals surface area contributed by atoms with Crippen LogP contribution in [0.5, 0.6) is 0 Å². The van der Waals surface area contributed by atoms with Crippen molar-refractivity contribution in [3.63, 3.8) is 0 Å². The molecule has 17 heteroatoms. The maximum atomic E-state index is 11.1. The fourth-order valence-corrected chi connectivity index (χ4v) is 4.19. The van der Waals surface area contributed by atoms with Crippen molar-refractivity contribution in [2.24, 2.45) is 5.92 Å². The van der Waals surface area contributed by atoms with E-state index in [0.29, 0.717) is 0 Å². The Kier molecular flexibility index (Phi) is 8.87. The molecule has 0 aromatic heterocycles. The van der Waals surface area contributed by atoms with Crippen LogP contribution in [0.2, 0.25) is 0 Å². The first kappa shape index (κ1) is 26.0.